The van der Waals surface area contributed by atoms with E-state index in [1.807, 2.05) is 50.2 Å². The van der Waals surface area contributed by atoms with Crippen molar-refractivity contribution < 1.29 is 19.0 Å². The van der Waals surface area contributed by atoms with Crippen LogP contribution in [0.3, 0.4) is 0 Å². The van der Waals surface area contributed by atoms with Crippen molar-refractivity contribution in [2.45, 2.75) is 33.3 Å². The summed E-state index contributed by atoms with van der Waals surface area (Å²) in [6.45, 7) is 7.90. The third-order valence-electron chi connectivity index (χ3n) is 3.74. The van der Waals surface area contributed by atoms with Gasteiger partial charge in [-0.1, -0.05) is 30.3 Å². The topological polar surface area (TPSA) is 44.8 Å². The lowest BCUT2D eigenvalue weighted by Gasteiger charge is -2.24. The van der Waals surface area contributed by atoms with E-state index in [-0.39, 0.29) is 6.61 Å². The van der Waals surface area contributed by atoms with Gasteiger partial charge in [0.1, 0.15) is 24.7 Å². The van der Waals surface area contributed by atoms with Crippen LogP contribution < -0.4 is 9.47 Å². The maximum atomic E-state index is 12.2. The van der Waals surface area contributed by atoms with Gasteiger partial charge in [-0.2, -0.15) is 0 Å². The average molecular weight is 328 g/mol. The van der Waals surface area contributed by atoms with Crippen molar-refractivity contribution in [2.24, 2.45) is 0 Å². The number of para-hydroxylation sites is 1. The molecule has 0 atom stereocenters. The molecule has 24 heavy (non-hydrogen) atoms. The summed E-state index contributed by atoms with van der Waals surface area (Å²) < 4.78 is 16.7. The molecule has 0 aliphatic carbocycles. The summed E-state index contributed by atoms with van der Waals surface area (Å²) in [6, 6.07) is 15.1. The first-order chi connectivity index (χ1) is 11.4. The van der Waals surface area contributed by atoms with Crippen molar-refractivity contribution >= 4 is 5.97 Å². The summed E-state index contributed by atoms with van der Waals surface area (Å²) >= 11 is 0. The van der Waals surface area contributed by atoms with E-state index in [9.17, 15) is 4.79 Å². The van der Waals surface area contributed by atoms with E-state index >= 15 is 0 Å². The molecule has 0 spiro atoms. The fraction of sp³-hybridized carbons (Fsp3) is 0.350. The van der Waals surface area contributed by atoms with Gasteiger partial charge in [0.25, 0.3) is 0 Å². The lowest BCUT2D eigenvalue weighted by atomic mass is 10.1. The molecule has 0 N–H and O–H groups in total. The molecule has 0 bridgehead atoms. The van der Waals surface area contributed by atoms with Gasteiger partial charge < -0.3 is 14.2 Å². The summed E-state index contributed by atoms with van der Waals surface area (Å²) in [5.41, 5.74) is 1.21. The molecule has 0 aliphatic heterocycles. The van der Waals surface area contributed by atoms with E-state index in [1.165, 1.54) is 5.56 Å². The van der Waals surface area contributed by atoms with Crippen molar-refractivity contribution in [1.29, 1.82) is 0 Å². The zero-order valence-electron chi connectivity index (χ0n) is 14.7. The van der Waals surface area contributed by atoms with Crippen LogP contribution in [0.25, 0.3) is 0 Å². The molecule has 0 fully saturated rings. The molecule has 2 rings (SSSR count). The molecule has 0 radical (unpaired) electrons. The number of ether oxygens (including phenoxy) is 3. The van der Waals surface area contributed by atoms with Gasteiger partial charge in [-0.15, -0.1) is 0 Å². The zero-order chi connectivity index (χ0) is 17.6. The highest BCUT2D eigenvalue weighted by atomic mass is 16.6. The predicted octanol–water partition coefficient (Wildman–Crippen LogP) is 4.08. The van der Waals surface area contributed by atoms with E-state index in [4.69, 9.17) is 14.2 Å². The lowest BCUT2D eigenvalue weighted by Crippen LogP contribution is -2.40. The van der Waals surface area contributed by atoms with Crippen LogP contribution in [-0.4, -0.2) is 24.8 Å². The highest BCUT2D eigenvalue weighted by Crippen LogP contribution is 2.21. The monoisotopic (exact) mass is 328 g/mol. The number of hydrogen-bond donors (Lipinski definition) is 0. The quantitative estimate of drug-likeness (QED) is 0.567. The van der Waals surface area contributed by atoms with E-state index in [0.717, 1.165) is 11.3 Å². The number of benzene rings is 2. The molecule has 4 heteroatoms. The summed E-state index contributed by atoms with van der Waals surface area (Å²) in [6.07, 6.45) is 0. The first-order valence-corrected chi connectivity index (χ1v) is 8.00. The summed E-state index contributed by atoms with van der Waals surface area (Å²) in [5.74, 6) is 1.02. The van der Waals surface area contributed by atoms with E-state index in [0.29, 0.717) is 12.4 Å². The highest BCUT2D eigenvalue weighted by Gasteiger charge is 2.31. The van der Waals surface area contributed by atoms with Crippen LogP contribution in [0.15, 0.2) is 48.5 Å². The van der Waals surface area contributed by atoms with Gasteiger partial charge in [0.05, 0.1) is 0 Å². The standard InChI is InChI=1S/C20H24O4/c1-15-9-8-12-18(16(15)2)22-13-14-23-19(21)20(3,4)24-17-10-6-5-7-11-17/h5-12H,13-14H2,1-4H3. The Labute approximate surface area is 143 Å². The van der Waals surface area contributed by atoms with Gasteiger partial charge in [0.15, 0.2) is 5.60 Å². The van der Waals surface area contributed by atoms with E-state index in [2.05, 4.69) is 0 Å². The molecule has 4 nitrogen and oxygen atoms in total. The van der Waals surface area contributed by atoms with Gasteiger partial charge >= 0.3 is 5.97 Å². The van der Waals surface area contributed by atoms with Crippen LogP contribution in [0.4, 0.5) is 0 Å². The Balaban J connectivity index is 1.81. The number of hydrogen-bond acceptors (Lipinski definition) is 4. The second-order valence-electron chi connectivity index (χ2n) is 6.11. The van der Waals surface area contributed by atoms with Crippen LogP contribution in [0, 0.1) is 13.8 Å². The number of carbonyl (C=O) groups excluding carboxylic acids is 1. The SMILES string of the molecule is Cc1cccc(OCCOC(=O)C(C)(C)Oc2ccccc2)c1C. The Morgan fingerprint density at radius 2 is 1.67 bits per heavy atom. The van der Waals surface area contributed by atoms with Crippen molar-refractivity contribution in [3.05, 3.63) is 59.7 Å². The minimum Gasteiger partial charge on any atom is -0.490 e. The molecular formula is C20H24O4. The summed E-state index contributed by atoms with van der Waals surface area (Å²) in [7, 11) is 0. The molecular weight excluding hydrogens is 304 g/mol. The third-order valence-corrected chi connectivity index (χ3v) is 3.74. The van der Waals surface area contributed by atoms with Crippen LogP contribution in [0.5, 0.6) is 11.5 Å². The zero-order valence-corrected chi connectivity index (χ0v) is 14.7. The summed E-state index contributed by atoms with van der Waals surface area (Å²) in [5, 5.41) is 0. The van der Waals surface area contributed by atoms with Crippen molar-refractivity contribution in [1.82, 2.24) is 0 Å². The molecule has 2 aromatic rings. The summed E-state index contributed by atoms with van der Waals surface area (Å²) in [4.78, 5) is 12.2. The Morgan fingerprint density at radius 1 is 0.958 bits per heavy atom. The van der Waals surface area contributed by atoms with E-state index in [1.54, 1.807) is 26.0 Å². The lowest BCUT2D eigenvalue weighted by molar-refractivity contribution is -0.160. The fourth-order valence-corrected chi connectivity index (χ4v) is 2.17. The minimum atomic E-state index is -1.05. The Hall–Kier alpha value is -2.49. The maximum Gasteiger partial charge on any atom is 0.350 e. The van der Waals surface area contributed by atoms with Gasteiger partial charge in [-0.3, -0.25) is 0 Å². The second-order valence-corrected chi connectivity index (χ2v) is 6.11. The molecule has 0 aliphatic rings. The van der Waals surface area contributed by atoms with Gasteiger partial charge in [0, 0.05) is 0 Å². The molecule has 128 valence electrons. The molecule has 0 saturated heterocycles. The number of esters is 1. The van der Waals surface area contributed by atoms with E-state index < -0.39 is 11.6 Å². The second kappa shape index (κ2) is 7.86. The molecule has 0 unspecified atom stereocenters. The van der Waals surface area contributed by atoms with Crippen molar-refractivity contribution in [3.63, 3.8) is 0 Å². The minimum absolute atomic E-state index is 0.174. The number of carbonyl (C=O) groups is 1. The van der Waals surface area contributed by atoms with Gasteiger partial charge in [0.2, 0.25) is 0 Å². The average Bonchev–Trinajstić information content (AvgIpc) is 2.55. The Morgan fingerprint density at radius 3 is 2.38 bits per heavy atom. The Kier molecular flexibility index (Phi) is 5.85. The van der Waals surface area contributed by atoms with Crippen LogP contribution in [-0.2, 0) is 9.53 Å². The maximum absolute atomic E-state index is 12.2. The molecule has 0 amide bonds. The largest absolute Gasteiger partial charge is 0.490 e. The molecule has 0 saturated carbocycles. The third kappa shape index (κ3) is 4.75. The number of aryl methyl sites for hydroxylation is 1. The smallest absolute Gasteiger partial charge is 0.350 e. The first kappa shape index (κ1) is 17.9. The molecule has 0 heterocycles. The molecule has 2 aromatic carbocycles. The van der Waals surface area contributed by atoms with Gasteiger partial charge in [-0.25, -0.2) is 4.79 Å². The molecule has 0 aromatic heterocycles. The van der Waals surface area contributed by atoms with Crippen LogP contribution in [0.1, 0.15) is 25.0 Å². The van der Waals surface area contributed by atoms with Crippen LogP contribution in [0.2, 0.25) is 0 Å². The normalized spacial score (nSPS) is 11.0. The fourth-order valence-electron chi connectivity index (χ4n) is 2.17. The van der Waals surface area contributed by atoms with Crippen LogP contribution >= 0.6 is 0 Å². The Bertz CT molecular complexity index is 677. The van der Waals surface area contributed by atoms with Crippen molar-refractivity contribution in [3.8, 4) is 11.5 Å². The predicted molar refractivity (Wildman–Crippen MR) is 93.5 cm³/mol. The van der Waals surface area contributed by atoms with Crippen molar-refractivity contribution in [2.75, 3.05) is 13.2 Å². The highest BCUT2D eigenvalue weighted by molar-refractivity contribution is 5.79. The van der Waals surface area contributed by atoms with Gasteiger partial charge in [-0.05, 0) is 57.0 Å². The number of rotatable bonds is 7. The first-order valence-electron chi connectivity index (χ1n) is 8.00.